The first-order valence-corrected chi connectivity index (χ1v) is 9.23. The summed E-state index contributed by atoms with van der Waals surface area (Å²) < 4.78 is 20.0. The number of carbonyl (C=O) groups excluding carboxylic acids is 1. The Hall–Kier alpha value is -2.43. The number of benzene rings is 1. The first-order valence-electron chi connectivity index (χ1n) is 9.23. The summed E-state index contributed by atoms with van der Waals surface area (Å²) >= 11 is 0. The van der Waals surface area contributed by atoms with Gasteiger partial charge in [0.05, 0.1) is 23.9 Å². The highest BCUT2D eigenvalue weighted by molar-refractivity contribution is 5.99. The Morgan fingerprint density at radius 3 is 2.69 bits per heavy atom. The van der Waals surface area contributed by atoms with Gasteiger partial charge in [-0.05, 0) is 38.3 Å². The van der Waals surface area contributed by atoms with E-state index >= 15 is 0 Å². The van der Waals surface area contributed by atoms with E-state index in [1.54, 1.807) is 24.4 Å². The molecule has 1 fully saturated rings. The van der Waals surface area contributed by atoms with E-state index in [1.165, 1.54) is 6.07 Å². The van der Waals surface area contributed by atoms with Gasteiger partial charge < -0.3 is 10.1 Å². The molecular weight excluding hydrogens is 331 g/mol. The van der Waals surface area contributed by atoms with Crippen LogP contribution in [0.5, 0.6) is 5.88 Å². The Balaban J connectivity index is 1.83. The number of nitrogens with zero attached hydrogens (tertiary/aromatic N) is 1. The van der Waals surface area contributed by atoms with Crippen molar-refractivity contribution in [3.63, 3.8) is 0 Å². The lowest BCUT2D eigenvalue weighted by atomic mass is 9.77. The number of pyridine rings is 1. The van der Waals surface area contributed by atoms with E-state index in [-0.39, 0.29) is 11.7 Å². The Kier molecular flexibility index (Phi) is 5.55. The van der Waals surface area contributed by atoms with Crippen LogP contribution in [-0.4, -0.2) is 17.5 Å². The lowest BCUT2D eigenvalue weighted by molar-refractivity contribution is -0.121. The number of carbonyl (C=O) groups is 1. The molecule has 2 aromatic rings. The average molecular weight is 356 g/mol. The van der Waals surface area contributed by atoms with Crippen molar-refractivity contribution in [3.05, 3.63) is 53.5 Å². The van der Waals surface area contributed by atoms with Crippen LogP contribution >= 0.6 is 0 Å². The maximum Gasteiger partial charge on any atom is 0.235 e. The fourth-order valence-electron chi connectivity index (χ4n) is 3.68. The maximum atomic E-state index is 14.4. The average Bonchev–Trinajstić information content (AvgIpc) is 3.12. The molecule has 1 aliphatic carbocycles. The highest BCUT2D eigenvalue weighted by atomic mass is 19.1. The molecule has 1 aliphatic rings. The van der Waals surface area contributed by atoms with E-state index in [9.17, 15) is 9.18 Å². The minimum atomic E-state index is -0.809. The molecule has 3 rings (SSSR count). The standard InChI is InChI=1S/C21H25FN2O2/c1-3-12-26-19-15(2)13-16(14-23-19)24-20(25)21(10-6-7-11-21)17-8-4-5-9-18(17)22/h4-5,8-9,13-14H,3,6-7,10-12H2,1-2H3,(H,24,25). The summed E-state index contributed by atoms with van der Waals surface area (Å²) in [6.45, 7) is 4.54. The molecule has 0 atom stereocenters. The molecule has 0 saturated heterocycles. The van der Waals surface area contributed by atoms with Gasteiger partial charge in [-0.15, -0.1) is 0 Å². The summed E-state index contributed by atoms with van der Waals surface area (Å²) in [6.07, 6.45) is 5.66. The molecule has 4 nitrogen and oxygen atoms in total. The van der Waals surface area contributed by atoms with Crippen LogP contribution in [0, 0.1) is 12.7 Å². The highest BCUT2D eigenvalue weighted by Gasteiger charge is 2.44. The molecule has 1 saturated carbocycles. The second-order valence-electron chi connectivity index (χ2n) is 6.92. The minimum Gasteiger partial charge on any atom is -0.477 e. The Bertz CT molecular complexity index is 785. The van der Waals surface area contributed by atoms with Crippen molar-refractivity contribution in [2.24, 2.45) is 0 Å². The van der Waals surface area contributed by atoms with Crippen LogP contribution in [0.1, 0.15) is 50.2 Å². The molecular formula is C21H25FN2O2. The van der Waals surface area contributed by atoms with Gasteiger partial charge in [-0.1, -0.05) is 38.0 Å². The highest BCUT2D eigenvalue weighted by Crippen LogP contribution is 2.43. The Morgan fingerprint density at radius 2 is 2.04 bits per heavy atom. The van der Waals surface area contributed by atoms with Crippen LogP contribution in [0.2, 0.25) is 0 Å². The van der Waals surface area contributed by atoms with Crippen molar-refractivity contribution in [3.8, 4) is 5.88 Å². The Morgan fingerprint density at radius 1 is 1.31 bits per heavy atom. The number of rotatable bonds is 6. The van der Waals surface area contributed by atoms with Crippen LogP contribution in [0.3, 0.4) is 0 Å². The molecule has 0 unspecified atom stereocenters. The summed E-state index contributed by atoms with van der Waals surface area (Å²) in [5.41, 5.74) is 1.15. The van der Waals surface area contributed by atoms with Gasteiger partial charge in [-0.25, -0.2) is 9.37 Å². The van der Waals surface area contributed by atoms with Gasteiger partial charge in [0, 0.05) is 11.1 Å². The lowest BCUT2D eigenvalue weighted by Gasteiger charge is -2.28. The van der Waals surface area contributed by atoms with Crippen LogP contribution in [-0.2, 0) is 10.2 Å². The Labute approximate surface area is 153 Å². The third-order valence-electron chi connectivity index (χ3n) is 5.01. The van der Waals surface area contributed by atoms with Crippen molar-refractivity contribution in [1.29, 1.82) is 0 Å². The predicted molar refractivity (Wildman–Crippen MR) is 99.9 cm³/mol. The third-order valence-corrected chi connectivity index (χ3v) is 5.01. The summed E-state index contributed by atoms with van der Waals surface area (Å²) in [4.78, 5) is 17.4. The van der Waals surface area contributed by atoms with Crippen LogP contribution < -0.4 is 10.1 Å². The van der Waals surface area contributed by atoms with E-state index < -0.39 is 5.41 Å². The molecule has 26 heavy (non-hydrogen) atoms. The topological polar surface area (TPSA) is 51.2 Å². The van der Waals surface area contributed by atoms with Crippen molar-refractivity contribution < 1.29 is 13.9 Å². The van der Waals surface area contributed by atoms with Crippen molar-refractivity contribution in [2.75, 3.05) is 11.9 Å². The summed E-state index contributed by atoms with van der Waals surface area (Å²) in [7, 11) is 0. The zero-order valence-electron chi connectivity index (χ0n) is 15.3. The molecule has 1 aromatic carbocycles. The second-order valence-corrected chi connectivity index (χ2v) is 6.92. The molecule has 138 valence electrons. The number of hydrogen-bond donors (Lipinski definition) is 1. The summed E-state index contributed by atoms with van der Waals surface area (Å²) in [5.74, 6) is 0.0974. The lowest BCUT2D eigenvalue weighted by Crippen LogP contribution is -2.38. The third kappa shape index (κ3) is 3.57. The largest absolute Gasteiger partial charge is 0.477 e. The van der Waals surface area contributed by atoms with Crippen LogP contribution in [0.15, 0.2) is 36.5 Å². The zero-order valence-corrected chi connectivity index (χ0v) is 15.3. The normalized spacial score (nSPS) is 15.7. The predicted octanol–water partition coefficient (Wildman–Crippen LogP) is 4.77. The fourth-order valence-corrected chi connectivity index (χ4v) is 3.68. The molecule has 0 aliphatic heterocycles. The van der Waals surface area contributed by atoms with Gasteiger partial charge in [-0.2, -0.15) is 0 Å². The number of ether oxygens (including phenoxy) is 1. The number of amides is 1. The van der Waals surface area contributed by atoms with Gasteiger partial charge in [0.15, 0.2) is 0 Å². The molecule has 0 bridgehead atoms. The molecule has 5 heteroatoms. The first-order chi connectivity index (χ1) is 12.6. The van der Waals surface area contributed by atoms with E-state index in [4.69, 9.17) is 4.74 Å². The molecule has 1 aromatic heterocycles. The van der Waals surface area contributed by atoms with Crippen molar-refractivity contribution in [1.82, 2.24) is 4.98 Å². The molecule has 1 N–H and O–H groups in total. The van der Waals surface area contributed by atoms with Gasteiger partial charge in [0.2, 0.25) is 11.8 Å². The maximum absolute atomic E-state index is 14.4. The summed E-state index contributed by atoms with van der Waals surface area (Å²) in [6, 6.07) is 8.44. The summed E-state index contributed by atoms with van der Waals surface area (Å²) in [5, 5.41) is 2.95. The molecule has 0 radical (unpaired) electrons. The zero-order chi connectivity index (χ0) is 18.6. The number of hydrogen-bond acceptors (Lipinski definition) is 3. The van der Waals surface area contributed by atoms with E-state index in [0.717, 1.165) is 24.8 Å². The van der Waals surface area contributed by atoms with E-state index in [2.05, 4.69) is 10.3 Å². The second kappa shape index (κ2) is 7.85. The minimum absolute atomic E-state index is 0.163. The molecule has 1 amide bonds. The quantitative estimate of drug-likeness (QED) is 0.811. The number of nitrogens with one attached hydrogen (secondary N) is 1. The van der Waals surface area contributed by atoms with Crippen molar-refractivity contribution in [2.45, 2.75) is 51.4 Å². The number of aryl methyl sites for hydroxylation is 1. The molecule has 1 heterocycles. The van der Waals surface area contributed by atoms with Gasteiger partial charge in [0.1, 0.15) is 5.82 Å². The van der Waals surface area contributed by atoms with Crippen molar-refractivity contribution >= 4 is 11.6 Å². The smallest absolute Gasteiger partial charge is 0.235 e. The SMILES string of the molecule is CCCOc1ncc(NC(=O)C2(c3ccccc3F)CCCC2)cc1C. The number of halogens is 1. The molecule has 0 spiro atoms. The van der Waals surface area contributed by atoms with Gasteiger partial charge >= 0.3 is 0 Å². The number of aromatic nitrogens is 1. The monoisotopic (exact) mass is 356 g/mol. The van der Waals surface area contributed by atoms with Crippen LogP contribution in [0.25, 0.3) is 0 Å². The van der Waals surface area contributed by atoms with E-state index in [1.807, 2.05) is 19.9 Å². The van der Waals surface area contributed by atoms with Crippen LogP contribution in [0.4, 0.5) is 10.1 Å². The van der Waals surface area contributed by atoms with Gasteiger partial charge in [0.25, 0.3) is 0 Å². The number of anilines is 1. The fraction of sp³-hybridized carbons (Fsp3) is 0.429. The van der Waals surface area contributed by atoms with E-state index in [0.29, 0.717) is 36.6 Å². The first kappa shape index (κ1) is 18.4. The van der Waals surface area contributed by atoms with Gasteiger partial charge in [-0.3, -0.25) is 4.79 Å².